The molecule has 2 aliphatic rings. The van der Waals surface area contributed by atoms with E-state index in [9.17, 15) is 9.59 Å². The first-order valence-corrected chi connectivity index (χ1v) is 7.32. The molecule has 0 saturated heterocycles. The summed E-state index contributed by atoms with van der Waals surface area (Å²) in [4.78, 5) is 23.2. The van der Waals surface area contributed by atoms with E-state index in [4.69, 9.17) is 14.6 Å². The zero-order valence-corrected chi connectivity index (χ0v) is 12.4. The highest BCUT2D eigenvalue weighted by Crippen LogP contribution is 2.43. The van der Waals surface area contributed by atoms with Crippen LogP contribution in [0.3, 0.4) is 0 Å². The van der Waals surface area contributed by atoms with Crippen LogP contribution in [0.4, 0.5) is 4.79 Å². The maximum Gasteiger partial charge on any atom is 0.508 e. The van der Waals surface area contributed by atoms with Crippen molar-refractivity contribution in [1.82, 2.24) is 0 Å². The van der Waals surface area contributed by atoms with E-state index in [0.717, 1.165) is 12.8 Å². The highest BCUT2D eigenvalue weighted by atomic mass is 16.7. The lowest BCUT2D eigenvalue weighted by Crippen LogP contribution is -2.28. The molecule has 0 aromatic rings. The van der Waals surface area contributed by atoms with Gasteiger partial charge >= 0.3 is 12.1 Å². The minimum Gasteiger partial charge on any atom is -0.462 e. The van der Waals surface area contributed by atoms with Gasteiger partial charge in [-0.3, -0.25) is 4.79 Å². The number of hydrogen-bond acceptors (Lipinski definition) is 6. The van der Waals surface area contributed by atoms with Crippen molar-refractivity contribution in [1.29, 1.82) is 0 Å². The summed E-state index contributed by atoms with van der Waals surface area (Å²) in [6.07, 6.45) is 3.96. The van der Waals surface area contributed by atoms with Crippen LogP contribution in [0.15, 0.2) is 12.2 Å². The van der Waals surface area contributed by atoms with Crippen molar-refractivity contribution in [2.75, 3.05) is 13.2 Å². The number of ether oxygens (including phenoxy) is 3. The van der Waals surface area contributed by atoms with Crippen LogP contribution < -0.4 is 0 Å². The van der Waals surface area contributed by atoms with Crippen LogP contribution in [0.2, 0.25) is 0 Å². The Morgan fingerprint density at radius 2 is 1.95 bits per heavy atom. The third kappa shape index (κ3) is 4.46. The first kappa shape index (κ1) is 15.8. The molecule has 2 rings (SSSR count). The molecular weight excluding hydrogens is 276 g/mol. The number of carbonyl (C=O) groups excluding carboxylic acids is 2. The minimum atomic E-state index is -0.873. The van der Waals surface area contributed by atoms with Gasteiger partial charge in [-0.15, -0.1) is 0 Å². The molecule has 2 bridgehead atoms. The second kappa shape index (κ2) is 6.93. The quantitative estimate of drug-likeness (QED) is 0.593. The molecule has 0 aromatic heterocycles. The molecule has 2 aliphatic carbocycles. The van der Waals surface area contributed by atoms with Crippen LogP contribution in [0.1, 0.15) is 26.7 Å². The molecule has 5 unspecified atom stereocenters. The summed E-state index contributed by atoms with van der Waals surface area (Å²) < 4.78 is 14.8. The van der Waals surface area contributed by atoms with Crippen molar-refractivity contribution >= 4 is 12.1 Å². The fourth-order valence-corrected chi connectivity index (χ4v) is 2.78. The molecule has 6 heteroatoms. The Hall–Kier alpha value is -1.56. The van der Waals surface area contributed by atoms with Crippen LogP contribution >= 0.6 is 0 Å². The molecule has 6 nitrogen and oxygen atoms in total. The first-order valence-electron chi connectivity index (χ1n) is 7.32. The van der Waals surface area contributed by atoms with E-state index in [1.54, 1.807) is 6.92 Å². The number of hydrogen-bond donors (Lipinski definition) is 1. The minimum absolute atomic E-state index is 0.0141. The first-order chi connectivity index (χ1) is 9.95. The Labute approximate surface area is 124 Å². The Kier molecular flexibility index (Phi) is 5.22. The predicted molar refractivity (Wildman–Crippen MR) is 73.4 cm³/mol. The summed E-state index contributed by atoms with van der Waals surface area (Å²) in [5.41, 5.74) is 0. The van der Waals surface area contributed by atoms with E-state index < -0.39 is 18.4 Å². The van der Waals surface area contributed by atoms with Gasteiger partial charge in [0.05, 0.1) is 12.0 Å². The molecule has 21 heavy (non-hydrogen) atoms. The monoisotopic (exact) mass is 298 g/mol. The van der Waals surface area contributed by atoms with Crippen LogP contribution in [0.25, 0.3) is 0 Å². The Morgan fingerprint density at radius 3 is 2.52 bits per heavy atom. The fourth-order valence-electron chi connectivity index (χ4n) is 2.78. The van der Waals surface area contributed by atoms with Crippen LogP contribution in [0.5, 0.6) is 0 Å². The number of carbonyl (C=O) groups is 2. The summed E-state index contributed by atoms with van der Waals surface area (Å²) in [6, 6.07) is 0. The largest absolute Gasteiger partial charge is 0.508 e. The maximum absolute atomic E-state index is 12.0. The van der Waals surface area contributed by atoms with Crippen LogP contribution in [-0.2, 0) is 19.0 Å². The predicted octanol–water partition coefficient (Wildman–Crippen LogP) is 1.66. The zero-order chi connectivity index (χ0) is 15.4. The Balaban J connectivity index is 1.64. The van der Waals surface area contributed by atoms with E-state index in [2.05, 4.69) is 16.9 Å². The van der Waals surface area contributed by atoms with Crippen molar-refractivity contribution in [3.05, 3.63) is 12.2 Å². The van der Waals surface area contributed by atoms with Gasteiger partial charge in [0, 0.05) is 0 Å². The van der Waals surface area contributed by atoms with Crippen molar-refractivity contribution < 1.29 is 28.9 Å². The van der Waals surface area contributed by atoms with E-state index in [1.165, 1.54) is 6.92 Å². The van der Waals surface area contributed by atoms with Gasteiger partial charge in [-0.25, -0.2) is 4.79 Å². The molecule has 0 radical (unpaired) electrons. The summed E-state index contributed by atoms with van der Waals surface area (Å²) >= 11 is 0. The van der Waals surface area contributed by atoms with Gasteiger partial charge in [0.15, 0.2) is 0 Å². The number of aliphatic hydroxyl groups excluding tert-OH is 1. The highest BCUT2D eigenvalue weighted by Gasteiger charge is 2.40. The van der Waals surface area contributed by atoms with E-state index in [0.29, 0.717) is 11.8 Å². The lowest BCUT2D eigenvalue weighted by molar-refractivity contribution is -0.152. The number of aliphatic hydroxyl groups is 1. The fraction of sp³-hybridized carbons (Fsp3) is 0.733. The molecular formula is C15H22O6. The van der Waals surface area contributed by atoms with Crippen molar-refractivity contribution in [2.45, 2.75) is 38.9 Å². The SMILES string of the molecule is CC(O)COC(=O)OC(C)COC(=O)C1CC2C=CC1C2. The molecule has 0 spiro atoms. The Bertz CT molecular complexity index is 416. The van der Waals surface area contributed by atoms with Gasteiger partial charge in [-0.2, -0.15) is 0 Å². The normalized spacial score (nSPS) is 29.0. The molecule has 0 aliphatic heterocycles. The van der Waals surface area contributed by atoms with E-state index in [-0.39, 0.29) is 25.1 Å². The van der Waals surface area contributed by atoms with E-state index in [1.807, 2.05) is 0 Å². The van der Waals surface area contributed by atoms with Gasteiger partial charge < -0.3 is 19.3 Å². The Morgan fingerprint density at radius 1 is 1.19 bits per heavy atom. The topological polar surface area (TPSA) is 82.1 Å². The average molecular weight is 298 g/mol. The van der Waals surface area contributed by atoms with Crippen molar-refractivity contribution in [3.8, 4) is 0 Å². The third-order valence-corrected chi connectivity index (χ3v) is 3.78. The van der Waals surface area contributed by atoms with Gasteiger partial charge in [-0.1, -0.05) is 12.2 Å². The second-order valence-electron chi connectivity index (χ2n) is 5.86. The van der Waals surface area contributed by atoms with Gasteiger partial charge in [-0.05, 0) is 38.5 Å². The smallest absolute Gasteiger partial charge is 0.462 e. The maximum atomic E-state index is 12.0. The molecule has 0 amide bonds. The highest BCUT2D eigenvalue weighted by molar-refractivity contribution is 5.74. The number of rotatable bonds is 6. The molecule has 1 fully saturated rings. The van der Waals surface area contributed by atoms with Gasteiger partial charge in [0.25, 0.3) is 0 Å². The summed E-state index contributed by atoms with van der Waals surface area (Å²) in [5, 5.41) is 8.98. The van der Waals surface area contributed by atoms with Gasteiger partial charge in [0.2, 0.25) is 0 Å². The number of allylic oxidation sites excluding steroid dienone is 2. The van der Waals surface area contributed by atoms with Gasteiger partial charge in [0.1, 0.15) is 19.3 Å². The van der Waals surface area contributed by atoms with Crippen molar-refractivity contribution in [2.24, 2.45) is 17.8 Å². The van der Waals surface area contributed by atoms with Crippen LogP contribution in [-0.4, -0.2) is 42.7 Å². The summed E-state index contributed by atoms with van der Waals surface area (Å²) in [7, 11) is 0. The summed E-state index contributed by atoms with van der Waals surface area (Å²) in [5.74, 6) is 0.528. The lowest BCUT2D eigenvalue weighted by atomic mass is 9.94. The molecule has 5 atom stereocenters. The van der Waals surface area contributed by atoms with Crippen LogP contribution in [0, 0.1) is 17.8 Å². The standard InChI is InChI=1S/C15H22O6/c1-9(16)7-20-15(18)21-10(2)8-19-14(17)13-6-11-3-4-12(13)5-11/h3-4,9-13,16H,5-8H2,1-2H3. The van der Waals surface area contributed by atoms with Crippen molar-refractivity contribution in [3.63, 3.8) is 0 Å². The molecule has 0 aromatic carbocycles. The summed E-state index contributed by atoms with van der Waals surface area (Å²) in [6.45, 7) is 3.02. The lowest BCUT2D eigenvalue weighted by Gasteiger charge is -2.19. The third-order valence-electron chi connectivity index (χ3n) is 3.78. The number of esters is 1. The number of fused-ring (bicyclic) bond motifs is 2. The molecule has 118 valence electrons. The van der Waals surface area contributed by atoms with E-state index >= 15 is 0 Å². The average Bonchev–Trinajstić information content (AvgIpc) is 3.05. The second-order valence-corrected chi connectivity index (χ2v) is 5.86. The molecule has 1 N–H and O–H groups in total. The zero-order valence-electron chi connectivity index (χ0n) is 12.4. The molecule has 1 saturated carbocycles. The molecule has 0 heterocycles.